The lowest BCUT2D eigenvalue weighted by molar-refractivity contribution is 1.04. The highest BCUT2D eigenvalue weighted by atomic mass is 14.4. The van der Waals surface area contributed by atoms with Crippen LogP contribution < -0.4 is 11.9 Å². The minimum absolute atomic E-state index is 0. The van der Waals surface area contributed by atoms with Crippen molar-refractivity contribution in [2.75, 3.05) is 7.05 Å². The highest BCUT2D eigenvalue weighted by Gasteiger charge is 1.77. The first-order valence-electron chi connectivity index (χ1n) is 2.89. The molecule has 1 rings (SSSR count). The number of hydrogen-bond donors (Lipinski definition) is 2. The maximum atomic E-state index is 4.50. The molecule has 0 aromatic carbocycles. The number of rotatable bonds is 0. The van der Waals surface area contributed by atoms with Crippen molar-refractivity contribution in [2.45, 2.75) is 12.8 Å². The molecule has 0 bridgehead atoms. The summed E-state index contributed by atoms with van der Waals surface area (Å²) in [6.45, 7) is 0. The molecule has 0 radical (unpaired) electrons. The molecule has 54 valence electrons. The van der Waals surface area contributed by atoms with E-state index in [2.05, 4.69) is 30.0 Å². The van der Waals surface area contributed by atoms with Crippen LogP contribution in [0, 0.1) is 0 Å². The van der Waals surface area contributed by atoms with Gasteiger partial charge in [-0.15, -0.1) is 0 Å². The molecule has 9 heavy (non-hydrogen) atoms. The van der Waals surface area contributed by atoms with Crippen LogP contribution in [-0.4, -0.2) is 7.05 Å². The smallest absolute Gasteiger partial charge is 0.0195 e. The van der Waals surface area contributed by atoms with Gasteiger partial charge in [-0.25, -0.2) is 0 Å². The second-order valence-corrected chi connectivity index (χ2v) is 1.43. The summed E-state index contributed by atoms with van der Waals surface area (Å²) < 4.78 is 0. The van der Waals surface area contributed by atoms with Gasteiger partial charge in [-0.2, -0.15) is 0 Å². The van der Waals surface area contributed by atoms with Gasteiger partial charge in [-0.1, -0.05) is 24.3 Å². The highest BCUT2D eigenvalue weighted by molar-refractivity contribution is 5.07. The van der Waals surface area contributed by atoms with Crippen LogP contribution in [0.5, 0.6) is 0 Å². The molecule has 0 heterocycles. The predicted octanol–water partition coefficient (Wildman–Crippen LogP) is 1.63. The Hall–Kier alpha value is -0.600. The quantitative estimate of drug-likeness (QED) is 0.521. The van der Waals surface area contributed by atoms with Gasteiger partial charge in [0.05, 0.1) is 0 Å². The van der Waals surface area contributed by atoms with Crippen molar-refractivity contribution in [3.05, 3.63) is 24.3 Å². The van der Waals surface area contributed by atoms with Gasteiger partial charge in [0.2, 0.25) is 0 Å². The van der Waals surface area contributed by atoms with Crippen molar-refractivity contribution in [2.24, 2.45) is 5.73 Å². The first kappa shape index (κ1) is 11.2. The van der Waals surface area contributed by atoms with Gasteiger partial charge in [0.15, 0.2) is 0 Å². The zero-order valence-electron chi connectivity index (χ0n) is 6.01. The lowest BCUT2D eigenvalue weighted by atomic mass is 10.2. The van der Waals surface area contributed by atoms with Gasteiger partial charge in [-0.3, -0.25) is 0 Å². The molecule has 0 spiro atoms. The topological polar surface area (TPSA) is 61.0 Å². The SMILES string of the molecule is C1=CCCC=C1.CN.N. The van der Waals surface area contributed by atoms with Crippen molar-refractivity contribution in [1.82, 2.24) is 6.15 Å². The number of nitrogens with two attached hydrogens (primary N) is 1. The molecular formula is C7H16N2. The van der Waals surface area contributed by atoms with Crippen molar-refractivity contribution in [3.63, 3.8) is 0 Å². The Morgan fingerprint density at radius 3 is 1.44 bits per heavy atom. The molecule has 1 aliphatic rings. The van der Waals surface area contributed by atoms with Crippen LogP contribution in [0.4, 0.5) is 0 Å². The zero-order chi connectivity index (χ0) is 6.24. The Labute approximate surface area is 57.0 Å². The first-order valence-corrected chi connectivity index (χ1v) is 2.89. The summed E-state index contributed by atoms with van der Waals surface area (Å²) in [7, 11) is 1.50. The lowest BCUT2D eigenvalue weighted by Crippen LogP contribution is -1.69. The second-order valence-electron chi connectivity index (χ2n) is 1.43. The molecule has 0 unspecified atom stereocenters. The van der Waals surface area contributed by atoms with Crippen molar-refractivity contribution in [3.8, 4) is 0 Å². The van der Waals surface area contributed by atoms with E-state index < -0.39 is 0 Å². The number of allylic oxidation sites excluding steroid dienone is 4. The van der Waals surface area contributed by atoms with Crippen LogP contribution in [0.3, 0.4) is 0 Å². The molecule has 0 saturated heterocycles. The van der Waals surface area contributed by atoms with Crippen LogP contribution in [0.2, 0.25) is 0 Å². The van der Waals surface area contributed by atoms with Crippen molar-refractivity contribution < 1.29 is 0 Å². The fourth-order valence-corrected chi connectivity index (χ4v) is 0.542. The third kappa shape index (κ3) is 7.40. The number of hydrogen-bond acceptors (Lipinski definition) is 2. The maximum Gasteiger partial charge on any atom is -0.0195 e. The van der Waals surface area contributed by atoms with Crippen LogP contribution in [0.15, 0.2) is 24.3 Å². The molecule has 0 fully saturated rings. The Morgan fingerprint density at radius 2 is 1.33 bits per heavy atom. The van der Waals surface area contributed by atoms with Crippen LogP contribution in [0.1, 0.15) is 12.8 Å². The fourth-order valence-electron chi connectivity index (χ4n) is 0.542. The van der Waals surface area contributed by atoms with Crippen LogP contribution in [0.25, 0.3) is 0 Å². The monoisotopic (exact) mass is 128 g/mol. The molecule has 0 amide bonds. The average Bonchev–Trinajstić information content (AvgIpc) is 1.96. The summed E-state index contributed by atoms with van der Waals surface area (Å²) in [6.07, 6.45) is 11.0. The van der Waals surface area contributed by atoms with Gasteiger partial charge in [0, 0.05) is 0 Å². The van der Waals surface area contributed by atoms with Gasteiger partial charge >= 0.3 is 0 Å². The highest BCUT2D eigenvalue weighted by Crippen LogP contribution is 1.98. The molecule has 0 aromatic heterocycles. The van der Waals surface area contributed by atoms with E-state index in [1.54, 1.807) is 0 Å². The molecule has 0 atom stereocenters. The van der Waals surface area contributed by atoms with E-state index >= 15 is 0 Å². The lowest BCUT2D eigenvalue weighted by Gasteiger charge is -1.88. The summed E-state index contributed by atoms with van der Waals surface area (Å²) >= 11 is 0. The van der Waals surface area contributed by atoms with E-state index in [1.165, 1.54) is 19.9 Å². The summed E-state index contributed by atoms with van der Waals surface area (Å²) in [5, 5.41) is 0. The Kier molecular flexibility index (Phi) is 13.0. The summed E-state index contributed by atoms with van der Waals surface area (Å²) in [5.41, 5.74) is 4.50. The summed E-state index contributed by atoms with van der Waals surface area (Å²) in [5.74, 6) is 0. The summed E-state index contributed by atoms with van der Waals surface area (Å²) in [4.78, 5) is 0. The molecule has 1 aliphatic carbocycles. The zero-order valence-corrected chi connectivity index (χ0v) is 6.01. The van der Waals surface area contributed by atoms with Gasteiger partial charge in [-0.05, 0) is 19.9 Å². The van der Waals surface area contributed by atoms with Crippen LogP contribution >= 0.6 is 0 Å². The van der Waals surface area contributed by atoms with Gasteiger partial charge in [0.1, 0.15) is 0 Å². The van der Waals surface area contributed by atoms with Gasteiger partial charge < -0.3 is 11.9 Å². The molecular weight excluding hydrogens is 112 g/mol. The van der Waals surface area contributed by atoms with Crippen molar-refractivity contribution in [1.29, 1.82) is 0 Å². The standard InChI is InChI=1S/C6H8.CH5N.H3N/c1-2-4-6-5-3-1;1-2;/h1-4H,5-6H2;2H2,1H3;1H3. The molecule has 0 aromatic rings. The third-order valence-electron chi connectivity index (χ3n) is 0.883. The van der Waals surface area contributed by atoms with E-state index in [1.807, 2.05) is 0 Å². The molecule has 5 N–H and O–H groups in total. The molecule has 2 nitrogen and oxygen atoms in total. The van der Waals surface area contributed by atoms with E-state index in [-0.39, 0.29) is 6.15 Å². The van der Waals surface area contributed by atoms with E-state index in [4.69, 9.17) is 0 Å². The van der Waals surface area contributed by atoms with Gasteiger partial charge in [0.25, 0.3) is 0 Å². The van der Waals surface area contributed by atoms with Crippen molar-refractivity contribution >= 4 is 0 Å². The minimum Gasteiger partial charge on any atom is -0.344 e. The maximum absolute atomic E-state index is 4.50. The minimum atomic E-state index is 0. The Bertz CT molecular complexity index is 72.9. The van der Waals surface area contributed by atoms with E-state index in [9.17, 15) is 0 Å². The van der Waals surface area contributed by atoms with E-state index in [0.29, 0.717) is 0 Å². The van der Waals surface area contributed by atoms with E-state index in [0.717, 1.165) is 0 Å². The second kappa shape index (κ2) is 10.4. The normalized spacial score (nSPS) is 13.1. The predicted molar refractivity (Wildman–Crippen MR) is 42.6 cm³/mol. The Balaban J connectivity index is 0. The summed E-state index contributed by atoms with van der Waals surface area (Å²) in [6, 6.07) is 0. The molecule has 0 saturated carbocycles. The molecule has 2 heteroatoms. The first-order chi connectivity index (χ1) is 4.00. The third-order valence-corrected chi connectivity index (χ3v) is 0.883. The fraction of sp³-hybridized carbons (Fsp3) is 0.429. The van der Waals surface area contributed by atoms with Crippen LogP contribution in [-0.2, 0) is 0 Å². The Morgan fingerprint density at radius 1 is 1.00 bits per heavy atom. The largest absolute Gasteiger partial charge is 0.344 e. The molecule has 0 aliphatic heterocycles. The average molecular weight is 128 g/mol.